The second kappa shape index (κ2) is 14.7. The van der Waals surface area contributed by atoms with Crippen molar-refractivity contribution >= 4 is 12.0 Å². The number of benzene rings is 1. The van der Waals surface area contributed by atoms with Crippen molar-refractivity contribution in [1.82, 2.24) is 24.8 Å². The van der Waals surface area contributed by atoms with Crippen molar-refractivity contribution in [2.24, 2.45) is 11.8 Å². The molecule has 41 heavy (non-hydrogen) atoms. The Morgan fingerprint density at radius 3 is 2.49 bits per heavy atom. The first kappa shape index (κ1) is 32.5. The molecule has 0 N–H and O–H groups in total. The number of ether oxygens (including phenoxy) is 3. The number of aromatic nitrogens is 3. The molecule has 2 heterocycles. The normalized spacial score (nSPS) is 17.6. The summed E-state index contributed by atoms with van der Waals surface area (Å²) in [6.45, 7) is 11.9. The maximum Gasteiger partial charge on any atom is 0.410 e. The average Bonchev–Trinajstić information content (AvgIpc) is 3.32. The quantitative estimate of drug-likeness (QED) is 0.337. The van der Waals surface area contributed by atoms with E-state index in [0.717, 1.165) is 6.42 Å². The molecule has 2 amide bonds. The van der Waals surface area contributed by atoms with Gasteiger partial charge in [0, 0.05) is 46.4 Å². The molecule has 2 atom stereocenters. The lowest BCUT2D eigenvalue weighted by Gasteiger charge is -2.43. The van der Waals surface area contributed by atoms with Gasteiger partial charge in [-0.1, -0.05) is 31.2 Å². The predicted molar refractivity (Wildman–Crippen MR) is 154 cm³/mol. The molecular weight excluding hydrogens is 529 g/mol. The van der Waals surface area contributed by atoms with Gasteiger partial charge in [0.15, 0.2) is 5.69 Å². The molecule has 1 aromatic heterocycles. The molecular formula is C30H46FN5O5. The summed E-state index contributed by atoms with van der Waals surface area (Å²) in [6, 6.07) is 6.04. The molecule has 2 aromatic rings. The second-order valence-corrected chi connectivity index (χ2v) is 12.1. The maximum atomic E-state index is 14.8. The zero-order valence-electron chi connectivity index (χ0n) is 25.6. The number of carbonyl (C=O) groups excluding carboxylic acids is 2. The first-order valence-electron chi connectivity index (χ1n) is 14.4. The third-order valence-electron chi connectivity index (χ3n) is 6.89. The minimum Gasteiger partial charge on any atom is -0.444 e. The monoisotopic (exact) mass is 575 g/mol. The van der Waals surface area contributed by atoms with Crippen LogP contribution in [0.5, 0.6) is 0 Å². The largest absolute Gasteiger partial charge is 0.444 e. The van der Waals surface area contributed by atoms with Gasteiger partial charge in [-0.25, -0.2) is 13.9 Å². The van der Waals surface area contributed by atoms with Crippen LogP contribution >= 0.6 is 0 Å². The lowest BCUT2D eigenvalue weighted by Crippen LogP contribution is -2.56. The van der Waals surface area contributed by atoms with Gasteiger partial charge < -0.3 is 24.0 Å². The molecule has 10 nitrogen and oxygen atoms in total. The van der Waals surface area contributed by atoms with Gasteiger partial charge in [-0.3, -0.25) is 4.79 Å². The zero-order chi connectivity index (χ0) is 30.2. The Morgan fingerprint density at radius 2 is 1.85 bits per heavy atom. The van der Waals surface area contributed by atoms with Crippen LogP contribution in [0.1, 0.15) is 70.1 Å². The lowest BCUT2D eigenvalue weighted by molar-refractivity contribution is -0.00739. The van der Waals surface area contributed by atoms with Gasteiger partial charge in [0.2, 0.25) is 0 Å². The molecule has 0 radical (unpaired) electrons. The van der Waals surface area contributed by atoms with Crippen molar-refractivity contribution in [1.29, 1.82) is 0 Å². The number of methoxy groups -OCH3 is 2. The van der Waals surface area contributed by atoms with E-state index in [1.54, 1.807) is 42.2 Å². The van der Waals surface area contributed by atoms with E-state index in [0.29, 0.717) is 57.8 Å². The number of hydrogen-bond donors (Lipinski definition) is 0. The van der Waals surface area contributed by atoms with Crippen LogP contribution in [0.2, 0.25) is 0 Å². The molecule has 1 fully saturated rings. The van der Waals surface area contributed by atoms with Crippen molar-refractivity contribution < 1.29 is 28.2 Å². The molecule has 228 valence electrons. The van der Waals surface area contributed by atoms with Crippen LogP contribution in [0.4, 0.5) is 9.18 Å². The molecule has 1 unspecified atom stereocenters. The first-order chi connectivity index (χ1) is 19.4. The van der Waals surface area contributed by atoms with Gasteiger partial charge in [-0.15, -0.1) is 5.10 Å². The average molecular weight is 576 g/mol. The van der Waals surface area contributed by atoms with Crippen molar-refractivity contribution in [3.8, 4) is 5.69 Å². The standard InChI is InChI=1S/C30H46FN5O5/c1-21(2)17-35(23-16-22(20-40-7)18-34(19-23)29(38)41-30(3,4)5)28(37)27-26(14-10-11-15-39-6)36(33-32-27)25-13-9-8-12-24(25)31/h8-9,12-13,21-23H,10-11,14-20H2,1-7H3/t22?,23-/m0/s1. The topological polar surface area (TPSA) is 99.0 Å². The van der Waals surface area contributed by atoms with E-state index in [1.165, 1.54) is 10.7 Å². The summed E-state index contributed by atoms with van der Waals surface area (Å²) in [5, 5.41) is 8.55. The van der Waals surface area contributed by atoms with Gasteiger partial charge in [-0.05, 0) is 64.5 Å². The highest BCUT2D eigenvalue weighted by atomic mass is 19.1. The van der Waals surface area contributed by atoms with E-state index in [1.807, 2.05) is 34.6 Å². The van der Waals surface area contributed by atoms with Gasteiger partial charge >= 0.3 is 6.09 Å². The highest BCUT2D eigenvalue weighted by Crippen LogP contribution is 2.27. The molecule has 0 bridgehead atoms. The lowest BCUT2D eigenvalue weighted by atomic mass is 9.93. The fourth-order valence-electron chi connectivity index (χ4n) is 5.21. The molecule has 3 rings (SSSR count). The number of piperidine rings is 1. The van der Waals surface area contributed by atoms with Gasteiger partial charge in [0.05, 0.1) is 18.3 Å². The summed E-state index contributed by atoms with van der Waals surface area (Å²) in [4.78, 5) is 30.9. The molecule has 1 aromatic carbocycles. The third kappa shape index (κ3) is 8.97. The molecule has 0 spiro atoms. The van der Waals surface area contributed by atoms with Crippen LogP contribution in [0.15, 0.2) is 24.3 Å². The maximum absolute atomic E-state index is 14.8. The van der Waals surface area contributed by atoms with Crippen molar-refractivity contribution in [2.45, 2.75) is 71.9 Å². The first-order valence-corrected chi connectivity index (χ1v) is 14.4. The number of halogens is 1. The van der Waals surface area contributed by atoms with Gasteiger partial charge in [0.25, 0.3) is 5.91 Å². The SMILES string of the molecule is COCCCCc1c(C(=O)N(CC(C)C)[C@H]2CC(COC)CN(C(=O)OC(C)(C)C)C2)nnn1-c1ccccc1F. The van der Waals surface area contributed by atoms with E-state index < -0.39 is 17.5 Å². The highest BCUT2D eigenvalue weighted by molar-refractivity contribution is 5.93. The number of hydrogen-bond acceptors (Lipinski definition) is 7. The summed E-state index contributed by atoms with van der Waals surface area (Å²) >= 11 is 0. The number of amides is 2. The molecule has 11 heteroatoms. The zero-order valence-corrected chi connectivity index (χ0v) is 25.6. The van der Waals surface area contributed by atoms with Crippen molar-refractivity contribution in [3.63, 3.8) is 0 Å². The van der Waals surface area contributed by atoms with Crippen molar-refractivity contribution in [2.75, 3.05) is 47.1 Å². The highest BCUT2D eigenvalue weighted by Gasteiger charge is 2.38. The van der Waals surface area contributed by atoms with Crippen LogP contribution in [-0.4, -0.2) is 95.5 Å². The minimum absolute atomic E-state index is 0.0244. The number of para-hydroxylation sites is 1. The Bertz CT molecular complexity index is 1150. The number of carbonyl (C=O) groups is 2. The summed E-state index contributed by atoms with van der Waals surface area (Å²) in [6.07, 6.45) is 2.21. The predicted octanol–water partition coefficient (Wildman–Crippen LogP) is 4.75. The van der Waals surface area contributed by atoms with Gasteiger partial charge in [0.1, 0.15) is 17.1 Å². The number of unbranched alkanes of at least 4 members (excludes halogenated alkanes) is 1. The number of likely N-dealkylation sites (tertiary alicyclic amines) is 1. The van der Waals surface area contributed by atoms with Crippen molar-refractivity contribution in [3.05, 3.63) is 41.5 Å². The molecule has 1 aliphatic heterocycles. The third-order valence-corrected chi connectivity index (χ3v) is 6.89. The Morgan fingerprint density at radius 1 is 1.12 bits per heavy atom. The second-order valence-electron chi connectivity index (χ2n) is 12.1. The fourth-order valence-corrected chi connectivity index (χ4v) is 5.21. The minimum atomic E-state index is -0.642. The van der Waals surface area contributed by atoms with E-state index in [9.17, 15) is 14.0 Å². The smallest absolute Gasteiger partial charge is 0.410 e. The fraction of sp³-hybridized carbons (Fsp3) is 0.667. The Kier molecular flexibility index (Phi) is 11.7. The van der Waals surface area contributed by atoms with E-state index in [-0.39, 0.29) is 35.2 Å². The van der Waals surface area contributed by atoms with E-state index in [2.05, 4.69) is 10.3 Å². The van der Waals surface area contributed by atoms with Crippen LogP contribution in [0.3, 0.4) is 0 Å². The summed E-state index contributed by atoms with van der Waals surface area (Å²) in [5.74, 6) is -0.550. The van der Waals surface area contributed by atoms with Gasteiger partial charge in [-0.2, -0.15) is 0 Å². The van der Waals surface area contributed by atoms with Crippen LogP contribution in [-0.2, 0) is 20.6 Å². The molecule has 0 saturated carbocycles. The van der Waals surface area contributed by atoms with Crippen LogP contribution in [0, 0.1) is 17.7 Å². The Hall–Kier alpha value is -3.05. The molecule has 1 saturated heterocycles. The van der Waals surface area contributed by atoms with E-state index in [4.69, 9.17) is 14.2 Å². The summed E-state index contributed by atoms with van der Waals surface area (Å²) in [5.41, 5.74) is 0.351. The summed E-state index contributed by atoms with van der Waals surface area (Å²) in [7, 11) is 3.28. The van der Waals surface area contributed by atoms with E-state index >= 15 is 0 Å². The Balaban J connectivity index is 1.99. The number of rotatable bonds is 12. The Labute approximate surface area is 243 Å². The summed E-state index contributed by atoms with van der Waals surface area (Å²) < 4.78 is 32.6. The molecule has 1 aliphatic rings. The van der Waals surface area contributed by atoms with Crippen LogP contribution < -0.4 is 0 Å². The molecule has 0 aliphatic carbocycles. The number of nitrogens with zero attached hydrogens (tertiary/aromatic N) is 5. The van der Waals surface area contributed by atoms with Crippen LogP contribution in [0.25, 0.3) is 5.69 Å².